The van der Waals surface area contributed by atoms with Gasteiger partial charge in [-0.05, 0) is 31.2 Å². The van der Waals surface area contributed by atoms with Gasteiger partial charge < -0.3 is 24.6 Å². The minimum Gasteiger partial charge on any atom is -0.497 e. The molecular formula is C21H22N6O4S. The molecule has 32 heavy (non-hydrogen) atoms. The molecule has 2 N–H and O–H groups in total. The lowest BCUT2D eigenvalue weighted by atomic mass is 10.2. The Hall–Kier alpha value is -3.73. The number of para-hydroxylation sites is 1. The van der Waals surface area contributed by atoms with E-state index in [4.69, 9.17) is 24.6 Å². The first kappa shape index (κ1) is 21.5. The van der Waals surface area contributed by atoms with Crippen molar-refractivity contribution in [3.8, 4) is 40.0 Å². The fourth-order valence-corrected chi connectivity index (χ4v) is 3.72. The third-order valence-corrected chi connectivity index (χ3v) is 5.46. The third-order valence-electron chi connectivity index (χ3n) is 4.53. The summed E-state index contributed by atoms with van der Waals surface area (Å²) in [6, 6.07) is 12.9. The molecule has 0 aliphatic heterocycles. The number of hydrogen-bond donors (Lipinski definition) is 1. The summed E-state index contributed by atoms with van der Waals surface area (Å²) in [4.78, 5) is 4.47. The number of nitrogens with two attached hydrogens (primary N) is 1. The van der Waals surface area contributed by atoms with Gasteiger partial charge in [0.1, 0.15) is 17.2 Å². The van der Waals surface area contributed by atoms with Crippen molar-refractivity contribution in [1.82, 2.24) is 25.0 Å². The van der Waals surface area contributed by atoms with Crippen molar-refractivity contribution in [2.75, 3.05) is 26.7 Å². The highest BCUT2D eigenvalue weighted by molar-refractivity contribution is 7.98. The van der Waals surface area contributed by atoms with Gasteiger partial charge in [0, 0.05) is 6.07 Å². The molecule has 0 saturated carbocycles. The standard InChI is InChI=1S/C21H22N6O4S/c1-4-30-16-8-6-5-7-14(16)19-23-18(31-26-19)12-32-21-25-24-20(27(21)22)15-10-9-13(28-2)11-17(15)29-3/h5-11H,4,12,22H2,1-3H3. The predicted octanol–water partition coefficient (Wildman–Crippen LogP) is 3.42. The minimum atomic E-state index is 0.374. The number of hydrogen-bond acceptors (Lipinski definition) is 10. The molecule has 0 aliphatic carbocycles. The maximum absolute atomic E-state index is 6.24. The summed E-state index contributed by atoms with van der Waals surface area (Å²) in [5, 5.41) is 13.0. The molecule has 0 unspecified atom stereocenters. The Morgan fingerprint density at radius 2 is 1.88 bits per heavy atom. The Labute approximate surface area is 188 Å². The topological polar surface area (TPSA) is 123 Å². The lowest BCUT2D eigenvalue weighted by Crippen LogP contribution is -2.12. The second kappa shape index (κ2) is 9.60. The average molecular weight is 455 g/mol. The minimum absolute atomic E-state index is 0.374. The Morgan fingerprint density at radius 1 is 1.03 bits per heavy atom. The van der Waals surface area contributed by atoms with Crippen LogP contribution in [0.25, 0.3) is 22.8 Å². The van der Waals surface area contributed by atoms with Gasteiger partial charge in [0.25, 0.3) is 0 Å². The molecule has 0 spiro atoms. The molecule has 0 atom stereocenters. The number of nitrogen functional groups attached to an aromatic ring is 1. The highest BCUT2D eigenvalue weighted by Gasteiger charge is 2.19. The van der Waals surface area contributed by atoms with Gasteiger partial charge in [0.2, 0.25) is 16.9 Å². The number of rotatable bonds is 9. The zero-order valence-electron chi connectivity index (χ0n) is 17.8. The summed E-state index contributed by atoms with van der Waals surface area (Å²) in [7, 11) is 3.16. The SMILES string of the molecule is CCOc1ccccc1-c1noc(CSc2nnc(-c3ccc(OC)cc3OC)n2N)n1. The molecule has 0 fully saturated rings. The molecule has 2 aromatic carbocycles. The quantitative estimate of drug-likeness (QED) is 0.297. The number of aromatic nitrogens is 5. The van der Waals surface area contributed by atoms with E-state index in [2.05, 4.69) is 20.3 Å². The van der Waals surface area contributed by atoms with E-state index in [1.54, 1.807) is 26.4 Å². The lowest BCUT2D eigenvalue weighted by Gasteiger charge is -2.09. The molecule has 0 radical (unpaired) electrons. The molecule has 2 heterocycles. The molecule has 2 aromatic heterocycles. The lowest BCUT2D eigenvalue weighted by molar-refractivity contribution is 0.341. The second-order valence-corrected chi connectivity index (χ2v) is 7.41. The van der Waals surface area contributed by atoms with E-state index in [0.29, 0.717) is 57.9 Å². The van der Waals surface area contributed by atoms with Gasteiger partial charge in [-0.25, -0.2) is 4.68 Å². The van der Waals surface area contributed by atoms with Crippen molar-refractivity contribution in [2.45, 2.75) is 17.8 Å². The van der Waals surface area contributed by atoms with E-state index in [1.165, 1.54) is 16.4 Å². The van der Waals surface area contributed by atoms with E-state index in [9.17, 15) is 0 Å². The molecule has 0 bridgehead atoms. The predicted molar refractivity (Wildman–Crippen MR) is 119 cm³/mol. The van der Waals surface area contributed by atoms with E-state index < -0.39 is 0 Å². The summed E-state index contributed by atoms with van der Waals surface area (Å²) in [5.74, 6) is 9.92. The van der Waals surface area contributed by atoms with Crippen LogP contribution in [-0.2, 0) is 5.75 Å². The zero-order valence-corrected chi connectivity index (χ0v) is 18.6. The van der Waals surface area contributed by atoms with Gasteiger partial charge in [-0.1, -0.05) is 29.1 Å². The van der Waals surface area contributed by atoms with Crippen molar-refractivity contribution < 1.29 is 18.7 Å². The first-order chi connectivity index (χ1) is 15.6. The highest BCUT2D eigenvalue weighted by Crippen LogP contribution is 2.33. The van der Waals surface area contributed by atoms with E-state index >= 15 is 0 Å². The molecule has 0 aliphatic rings. The average Bonchev–Trinajstić information content (AvgIpc) is 3.44. The van der Waals surface area contributed by atoms with Crippen LogP contribution in [-0.4, -0.2) is 45.8 Å². The summed E-state index contributed by atoms with van der Waals surface area (Å²) < 4.78 is 23.1. The summed E-state index contributed by atoms with van der Waals surface area (Å²) in [6.07, 6.45) is 0. The normalized spacial score (nSPS) is 10.8. The molecular weight excluding hydrogens is 432 g/mol. The number of ether oxygens (including phenoxy) is 3. The largest absolute Gasteiger partial charge is 0.497 e. The van der Waals surface area contributed by atoms with E-state index in [0.717, 1.165) is 5.56 Å². The molecule has 10 nitrogen and oxygen atoms in total. The monoisotopic (exact) mass is 454 g/mol. The van der Waals surface area contributed by atoms with Crippen LogP contribution in [0.5, 0.6) is 17.2 Å². The van der Waals surface area contributed by atoms with Gasteiger partial charge >= 0.3 is 0 Å². The fourth-order valence-electron chi connectivity index (χ4n) is 3.02. The Balaban J connectivity index is 1.50. The van der Waals surface area contributed by atoms with Gasteiger partial charge in [-0.15, -0.1) is 10.2 Å². The van der Waals surface area contributed by atoms with Crippen LogP contribution < -0.4 is 20.1 Å². The molecule has 166 valence electrons. The Morgan fingerprint density at radius 3 is 2.66 bits per heavy atom. The number of nitrogens with zero attached hydrogens (tertiary/aromatic N) is 5. The van der Waals surface area contributed by atoms with Crippen molar-refractivity contribution in [3.63, 3.8) is 0 Å². The van der Waals surface area contributed by atoms with Crippen LogP contribution >= 0.6 is 11.8 Å². The fraction of sp³-hybridized carbons (Fsp3) is 0.238. The zero-order chi connectivity index (χ0) is 22.5. The summed E-state index contributed by atoms with van der Waals surface area (Å²) in [5.41, 5.74) is 1.47. The van der Waals surface area contributed by atoms with E-state index in [1.807, 2.05) is 37.3 Å². The van der Waals surface area contributed by atoms with E-state index in [-0.39, 0.29) is 0 Å². The molecule has 4 rings (SSSR count). The van der Waals surface area contributed by atoms with Gasteiger partial charge in [0.15, 0.2) is 5.82 Å². The van der Waals surface area contributed by atoms with Crippen LogP contribution in [0, 0.1) is 0 Å². The maximum atomic E-state index is 6.24. The molecule has 4 aromatic rings. The Bertz CT molecular complexity index is 1210. The smallest absolute Gasteiger partial charge is 0.237 e. The van der Waals surface area contributed by atoms with Crippen molar-refractivity contribution in [3.05, 3.63) is 48.4 Å². The van der Waals surface area contributed by atoms with Gasteiger partial charge in [0.05, 0.1) is 37.7 Å². The maximum Gasteiger partial charge on any atom is 0.237 e. The molecule has 0 amide bonds. The summed E-state index contributed by atoms with van der Waals surface area (Å²) >= 11 is 1.33. The third kappa shape index (κ3) is 4.33. The number of benzene rings is 2. The Kier molecular flexibility index (Phi) is 6.45. The van der Waals surface area contributed by atoms with Crippen LogP contribution in [0.15, 0.2) is 52.1 Å². The molecule has 0 saturated heterocycles. The summed E-state index contributed by atoms with van der Waals surface area (Å²) in [6.45, 7) is 2.47. The van der Waals surface area contributed by atoms with Crippen LogP contribution in [0.2, 0.25) is 0 Å². The molecule has 11 heteroatoms. The van der Waals surface area contributed by atoms with Crippen molar-refractivity contribution >= 4 is 11.8 Å². The second-order valence-electron chi connectivity index (χ2n) is 6.47. The van der Waals surface area contributed by atoms with Gasteiger partial charge in [-0.2, -0.15) is 4.98 Å². The first-order valence-electron chi connectivity index (χ1n) is 9.75. The highest BCUT2D eigenvalue weighted by atomic mass is 32.2. The number of methoxy groups -OCH3 is 2. The van der Waals surface area contributed by atoms with Crippen molar-refractivity contribution in [2.24, 2.45) is 0 Å². The van der Waals surface area contributed by atoms with Gasteiger partial charge in [-0.3, -0.25) is 0 Å². The number of thioether (sulfide) groups is 1. The van der Waals surface area contributed by atoms with Crippen LogP contribution in [0.1, 0.15) is 12.8 Å². The van der Waals surface area contributed by atoms with Crippen LogP contribution in [0.4, 0.5) is 0 Å². The van der Waals surface area contributed by atoms with Crippen molar-refractivity contribution in [1.29, 1.82) is 0 Å². The van der Waals surface area contributed by atoms with Crippen LogP contribution in [0.3, 0.4) is 0 Å². The first-order valence-corrected chi connectivity index (χ1v) is 10.7.